The summed E-state index contributed by atoms with van der Waals surface area (Å²) in [7, 11) is 4.92. The molecule has 0 bridgehead atoms. The van der Waals surface area contributed by atoms with Gasteiger partial charge in [0.25, 0.3) is 0 Å². The number of methoxy groups -OCH3 is 3. The van der Waals surface area contributed by atoms with Gasteiger partial charge in [-0.05, 0) is 30.9 Å². The lowest BCUT2D eigenvalue weighted by Gasteiger charge is -2.21. The summed E-state index contributed by atoms with van der Waals surface area (Å²) in [5, 5.41) is 0. The second-order valence-corrected chi connectivity index (χ2v) is 5.45. The smallest absolute Gasteiger partial charge is 0.316 e. The first-order chi connectivity index (χ1) is 11.6. The van der Waals surface area contributed by atoms with Gasteiger partial charge in [0, 0.05) is 0 Å². The monoisotopic (exact) mass is 356 g/mol. The predicted molar refractivity (Wildman–Crippen MR) is 93.1 cm³/mol. The number of ketones is 1. The van der Waals surface area contributed by atoms with Gasteiger partial charge in [-0.25, -0.2) is 0 Å². The standard InChI is InChI=1S/C17H22O5.H3OP/c1-20-12-9-6-10-13(21-2)15(12)16(18)14(17(19)22-3)11-7-4-5-8-11;1-2/h6,9-11,14H,4-5,7-8H2,1-3H3;2H3. The maximum atomic E-state index is 13.0. The van der Waals surface area contributed by atoms with Crippen molar-refractivity contribution in [2.45, 2.75) is 25.7 Å². The van der Waals surface area contributed by atoms with Gasteiger partial charge in [0.05, 0.1) is 30.4 Å². The highest BCUT2D eigenvalue weighted by Crippen LogP contribution is 2.38. The number of carbonyl (C=O) groups excluding carboxylic acids is 2. The first-order valence-electron chi connectivity index (χ1n) is 7.76. The molecule has 0 spiro atoms. The van der Waals surface area contributed by atoms with Crippen LogP contribution in [0.5, 0.6) is 11.5 Å². The van der Waals surface area contributed by atoms with Crippen LogP contribution in [0.15, 0.2) is 18.2 Å². The van der Waals surface area contributed by atoms with Gasteiger partial charge in [-0.15, -0.1) is 0 Å². The van der Waals surface area contributed by atoms with Crippen molar-refractivity contribution in [3.63, 3.8) is 0 Å². The van der Waals surface area contributed by atoms with E-state index in [2.05, 4.69) is 0 Å². The molecule has 0 aromatic heterocycles. The Morgan fingerprint density at radius 2 is 1.54 bits per heavy atom. The van der Waals surface area contributed by atoms with E-state index in [0.29, 0.717) is 26.2 Å². The maximum Gasteiger partial charge on any atom is 0.316 e. The maximum absolute atomic E-state index is 13.0. The summed E-state index contributed by atoms with van der Waals surface area (Å²) < 4.78 is 23.7. The van der Waals surface area contributed by atoms with Crippen molar-refractivity contribution >= 4 is 20.9 Å². The second kappa shape index (κ2) is 10.1. The highest BCUT2D eigenvalue weighted by Gasteiger charge is 2.39. The van der Waals surface area contributed by atoms with Crippen LogP contribution in [0.25, 0.3) is 0 Å². The summed E-state index contributed by atoms with van der Waals surface area (Å²) in [6.45, 7) is 0. The molecule has 0 heterocycles. The first-order valence-corrected chi connectivity index (χ1v) is 8.33. The number of esters is 1. The van der Waals surface area contributed by atoms with Crippen molar-refractivity contribution in [1.82, 2.24) is 0 Å². The second-order valence-electron chi connectivity index (χ2n) is 5.45. The molecule has 1 fully saturated rings. The SMILES string of the molecule is COC(=O)C(C(=O)c1c(OC)cccc1OC)C1CCCC1.O=[PH3]. The Morgan fingerprint density at radius 1 is 1.04 bits per heavy atom. The third kappa shape index (κ3) is 4.38. The lowest BCUT2D eigenvalue weighted by molar-refractivity contribution is -0.145. The van der Waals surface area contributed by atoms with E-state index in [1.54, 1.807) is 18.2 Å². The Bertz CT molecular complexity index is 546. The van der Waals surface area contributed by atoms with E-state index >= 15 is 0 Å². The summed E-state index contributed by atoms with van der Waals surface area (Å²) in [6, 6.07) is 5.13. The van der Waals surface area contributed by atoms with Gasteiger partial charge in [-0.1, -0.05) is 18.9 Å². The number of benzene rings is 1. The van der Waals surface area contributed by atoms with Crippen molar-refractivity contribution in [2.75, 3.05) is 21.3 Å². The summed E-state index contributed by atoms with van der Waals surface area (Å²) in [6.07, 6.45) is 3.80. The molecule has 7 heteroatoms. The Labute approximate surface area is 144 Å². The van der Waals surface area contributed by atoms with E-state index in [9.17, 15) is 9.59 Å². The fourth-order valence-corrected chi connectivity index (χ4v) is 3.18. The predicted octanol–water partition coefficient (Wildman–Crippen LogP) is 2.81. The molecule has 0 N–H and O–H groups in total. The number of Topliss-reactive ketones (excluding diaryl/α,β-unsaturated/α-hetero) is 1. The molecule has 0 amide bonds. The largest absolute Gasteiger partial charge is 0.496 e. The summed E-state index contributed by atoms with van der Waals surface area (Å²) in [5.74, 6) is -0.710. The van der Waals surface area contributed by atoms with Crippen molar-refractivity contribution in [1.29, 1.82) is 0 Å². The van der Waals surface area contributed by atoms with Gasteiger partial charge >= 0.3 is 5.97 Å². The van der Waals surface area contributed by atoms with E-state index in [-0.39, 0.29) is 11.7 Å². The highest BCUT2D eigenvalue weighted by atomic mass is 31.0. The highest BCUT2D eigenvalue weighted by molar-refractivity contribution is 7.00. The Balaban J connectivity index is 0.00000139. The van der Waals surface area contributed by atoms with E-state index in [4.69, 9.17) is 18.8 Å². The molecule has 1 saturated carbocycles. The molecule has 2 rings (SSSR count). The number of hydrogen-bond acceptors (Lipinski definition) is 6. The Morgan fingerprint density at radius 3 is 1.96 bits per heavy atom. The van der Waals surface area contributed by atoms with E-state index in [1.165, 1.54) is 21.3 Å². The Kier molecular flexibility index (Phi) is 8.55. The van der Waals surface area contributed by atoms with E-state index in [0.717, 1.165) is 25.7 Å². The van der Waals surface area contributed by atoms with Crippen LogP contribution in [-0.4, -0.2) is 33.1 Å². The van der Waals surface area contributed by atoms with Gasteiger partial charge < -0.3 is 18.8 Å². The van der Waals surface area contributed by atoms with Gasteiger partial charge in [0.2, 0.25) is 0 Å². The third-order valence-corrected chi connectivity index (χ3v) is 4.28. The number of rotatable bonds is 6. The van der Waals surface area contributed by atoms with Crippen LogP contribution < -0.4 is 9.47 Å². The van der Waals surface area contributed by atoms with Gasteiger partial charge in [-0.2, -0.15) is 0 Å². The molecule has 134 valence electrons. The van der Waals surface area contributed by atoms with E-state index in [1.807, 2.05) is 0 Å². The quantitative estimate of drug-likeness (QED) is 0.338. The molecule has 0 aliphatic heterocycles. The molecule has 24 heavy (non-hydrogen) atoms. The fraction of sp³-hybridized carbons (Fsp3) is 0.529. The van der Waals surface area contributed by atoms with Gasteiger partial charge in [0.15, 0.2) is 5.78 Å². The molecule has 1 aliphatic rings. The van der Waals surface area contributed by atoms with Crippen LogP contribution >= 0.6 is 9.12 Å². The molecule has 1 aliphatic carbocycles. The van der Waals surface area contributed by atoms with Crippen LogP contribution in [0.1, 0.15) is 36.0 Å². The molecule has 2 atom stereocenters. The molecule has 0 radical (unpaired) electrons. The van der Waals surface area contributed by atoms with Gasteiger partial charge in [-0.3, -0.25) is 9.59 Å². The number of ether oxygens (including phenoxy) is 3. The third-order valence-electron chi connectivity index (χ3n) is 4.28. The topological polar surface area (TPSA) is 78.9 Å². The zero-order valence-electron chi connectivity index (χ0n) is 14.4. The molecular weight excluding hydrogens is 331 g/mol. The lowest BCUT2D eigenvalue weighted by atomic mass is 9.84. The van der Waals surface area contributed by atoms with Crippen molar-refractivity contribution in [2.24, 2.45) is 11.8 Å². The van der Waals surface area contributed by atoms with Crippen LogP contribution in [-0.2, 0) is 14.1 Å². The average Bonchev–Trinajstić information content (AvgIpc) is 3.16. The fourth-order valence-electron chi connectivity index (χ4n) is 3.18. The number of hydrogen-bond donors (Lipinski definition) is 0. The van der Waals surface area contributed by atoms with Crippen LogP contribution in [0, 0.1) is 11.8 Å². The molecule has 1 aromatic carbocycles. The molecule has 0 saturated heterocycles. The lowest BCUT2D eigenvalue weighted by Crippen LogP contribution is -2.32. The van der Waals surface area contributed by atoms with Crippen LogP contribution in [0.4, 0.5) is 0 Å². The average molecular weight is 356 g/mol. The zero-order valence-corrected chi connectivity index (χ0v) is 15.8. The normalized spacial score (nSPS) is 15.1. The zero-order chi connectivity index (χ0) is 18.1. The van der Waals surface area contributed by atoms with Gasteiger partial charge in [0.1, 0.15) is 23.0 Å². The van der Waals surface area contributed by atoms with Crippen LogP contribution in [0.2, 0.25) is 0 Å². The minimum Gasteiger partial charge on any atom is -0.496 e. The minimum atomic E-state index is -0.794. The van der Waals surface area contributed by atoms with Crippen molar-refractivity contribution in [3.8, 4) is 11.5 Å². The van der Waals surface area contributed by atoms with Crippen molar-refractivity contribution < 1.29 is 28.4 Å². The molecular formula is C17H25O6P. The van der Waals surface area contributed by atoms with E-state index < -0.39 is 11.9 Å². The Hall–Kier alpha value is -1.81. The number of carbonyl (C=O) groups is 2. The first kappa shape index (κ1) is 20.2. The van der Waals surface area contributed by atoms with Crippen LogP contribution in [0.3, 0.4) is 0 Å². The summed E-state index contributed by atoms with van der Waals surface area (Å²) in [4.78, 5) is 25.2. The molecule has 2 unspecified atom stereocenters. The van der Waals surface area contributed by atoms with Crippen molar-refractivity contribution in [3.05, 3.63) is 23.8 Å². The summed E-state index contributed by atoms with van der Waals surface area (Å²) >= 11 is 0. The molecule has 6 nitrogen and oxygen atoms in total. The summed E-state index contributed by atoms with van der Waals surface area (Å²) in [5.41, 5.74) is 0.315. The minimum absolute atomic E-state index is 0.0227. The molecule has 1 aromatic rings.